The summed E-state index contributed by atoms with van der Waals surface area (Å²) in [4.78, 5) is 3.93. The average molecular weight is 325 g/mol. The molecule has 6 nitrogen and oxygen atoms in total. The first kappa shape index (κ1) is 15.5. The van der Waals surface area contributed by atoms with Gasteiger partial charge in [0.15, 0.2) is 0 Å². The van der Waals surface area contributed by atoms with E-state index in [9.17, 15) is 8.42 Å². The Hall–Kier alpha value is -1.88. The molecule has 0 aliphatic carbocycles. The Bertz CT molecular complexity index is 766. The van der Waals surface area contributed by atoms with Crippen molar-refractivity contribution in [1.82, 2.24) is 14.3 Å². The van der Waals surface area contributed by atoms with Crippen LogP contribution in [0.25, 0.3) is 0 Å². The van der Waals surface area contributed by atoms with Crippen molar-refractivity contribution in [2.24, 2.45) is 0 Å². The van der Waals surface area contributed by atoms with Crippen LogP contribution in [0.4, 0.5) is 0 Å². The number of rotatable bonds is 5. The van der Waals surface area contributed by atoms with Gasteiger partial charge in [-0.1, -0.05) is 11.6 Å². The topological polar surface area (TPSA) is 87.8 Å². The first-order valence-corrected chi connectivity index (χ1v) is 7.96. The molecule has 0 aliphatic rings. The molecule has 0 radical (unpaired) electrons. The SMILES string of the molecule is C[C@H](Cn1ccnc1)NS(=O)(=O)c1ccc(C#N)c(Cl)c1. The fraction of sp³-hybridized carbons (Fsp3) is 0.231. The smallest absolute Gasteiger partial charge is 0.240 e. The molecular weight excluding hydrogens is 312 g/mol. The number of hydrogen-bond donors (Lipinski definition) is 1. The molecule has 1 atom stereocenters. The molecule has 21 heavy (non-hydrogen) atoms. The van der Waals surface area contributed by atoms with Crippen molar-refractivity contribution in [1.29, 1.82) is 5.26 Å². The summed E-state index contributed by atoms with van der Waals surface area (Å²) in [5, 5.41) is 8.91. The van der Waals surface area contributed by atoms with E-state index in [2.05, 4.69) is 9.71 Å². The maximum Gasteiger partial charge on any atom is 0.240 e. The Balaban J connectivity index is 2.15. The molecule has 1 heterocycles. The molecule has 0 aliphatic heterocycles. The second kappa shape index (κ2) is 6.26. The van der Waals surface area contributed by atoms with E-state index in [0.29, 0.717) is 6.54 Å². The van der Waals surface area contributed by atoms with Crippen LogP contribution in [0, 0.1) is 11.3 Å². The van der Waals surface area contributed by atoms with Crippen LogP contribution >= 0.6 is 11.6 Å². The Morgan fingerprint density at radius 3 is 2.86 bits per heavy atom. The number of aromatic nitrogens is 2. The second-order valence-corrected chi connectivity index (χ2v) is 6.66. The van der Waals surface area contributed by atoms with Crippen molar-refractivity contribution >= 4 is 21.6 Å². The zero-order chi connectivity index (χ0) is 15.5. The van der Waals surface area contributed by atoms with Gasteiger partial charge in [0.1, 0.15) is 6.07 Å². The number of benzene rings is 1. The molecule has 0 saturated heterocycles. The summed E-state index contributed by atoms with van der Waals surface area (Å²) in [6, 6.07) is 5.58. The summed E-state index contributed by atoms with van der Waals surface area (Å²) in [5.41, 5.74) is 0.238. The summed E-state index contributed by atoms with van der Waals surface area (Å²) in [6.07, 6.45) is 4.99. The standard InChI is InChI=1S/C13H13ClN4O2S/c1-10(8-18-5-4-16-9-18)17-21(19,20)12-3-2-11(7-15)13(14)6-12/h2-6,9-10,17H,8H2,1H3/t10-/m1/s1. The lowest BCUT2D eigenvalue weighted by Crippen LogP contribution is -2.35. The second-order valence-electron chi connectivity index (χ2n) is 4.54. The van der Waals surface area contributed by atoms with Crippen molar-refractivity contribution < 1.29 is 8.42 Å². The van der Waals surface area contributed by atoms with Crippen molar-refractivity contribution in [3.63, 3.8) is 0 Å². The monoisotopic (exact) mass is 324 g/mol. The molecule has 0 spiro atoms. The third kappa shape index (κ3) is 3.82. The number of imidazole rings is 1. The predicted molar refractivity (Wildman–Crippen MR) is 78.2 cm³/mol. The van der Waals surface area contributed by atoms with Crippen LogP contribution in [0.5, 0.6) is 0 Å². The average Bonchev–Trinajstić information content (AvgIpc) is 2.90. The van der Waals surface area contributed by atoms with Crippen molar-refractivity contribution in [3.8, 4) is 6.07 Å². The van der Waals surface area contributed by atoms with Crippen LogP contribution in [0.3, 0.4) is 0 Å². The predicted octanol–water partition coefficient (Wildman–Crippen LogP) is 1.78. The highest BCUT2D eigenvalue weighted by Crippen LogP contribution is 2.20. The van der Waals surface area contributed by atoms with Crippen molar-refractivity contribution in [2.45, 2.75) is 24.4 Å². The first-order chi connectivity index (χ1) is 9.92. The Morgan fingerprint density at radius 2 is 2.29 bits per heavy atom. The summed E-state index contributed by atoms with van der Waals surface area (Å²) in [5.74, 6) is 0. The van der Waals surface area contributed by atoms with Gasteiger partial charge >= 0.3 is 0 Å². The third-order valence-corrected chi connectivity index (χ3v) is 4.67. The van der Waals surface area contributed by atoms with E-state index in [4.69, 9.17) is 16.9 Å². The molecule has 2 rings (SSSR count). The van der Waals surface area contributed by atoms with Crippen molar-refractivity contribution in [3.05, 3.63) is 47.5 Å². The third-order valence-electron chi connectivity index (χ3n) is 2.77. The van der Waals surface area contributed by atoms with Gasteiger partial charge in [-0.25, -0.2) is 18.1 Å². The Kier molecular flexibility index (Phi) is 4.63. The minimum Gasteiger partial charge on any atom is -0.336 e. The fourth-order valence-corrected chi connectivity index (χ4v) is 3.38. The highest BCUT2D eigenvalue weighted by Gasteiger charge is 2.18. The molecule has 8 heteroatoms. The molecule has 1 aromatic heterocycles. The van der Waals surface area contributed by atoms with Gasteiger partial charge in [0.25, 0.3) is 0 Å². The summed E-state index contributed by atoms with van der Waals surface area (Å²) >= 11 is 5.86. The summed E-state index contributed by atoms with van der Waals surface area (Å²) in [6.45, 7) is 2.21. The van der Waals surface area contributed by atoms with E-state index in [1.165, 1.54) is 18.2 Å². The van der Waals surface area contributed by atoms with Crippen LogP contribution in [-0.2, 0) is 16.6 Å². The summed E-state index contributed by atoms with van der Waals surface area (Å²) in [7, 11) is -3.69. The maximum absolute atomic E-state index is 12.2. The lowest BCUT2D eigenvalue weighted by Gasteiger charge is -2.15. The zero-order valence-corrected chi connectivity index (χ0v) is 12.8. The molecule has 1 N–H and O–H groups in total. The van der Waals surface area contributed by atoms with Crippen LogP contribution in [-0.4, -0.2) is 24.0 Å². The van der Waals surface area contributed by atoms with E-state index in [-0.39, 0.29) is 21.5 Å². The van der Waals surface area contributed by atoms with Gasteiger partial charge in [0.2, 0.25) is 10.0 Å². The number of sulfonamides is 1. The number of hydrogen-bond acceptors (Lipinski definition) is 4. The first-order valence-electron chi connectivity index (χ1n) is 6.10. The lowest BCUT2D eigenvalue weighted by molar-refractivity contribution is 0.520. The molecule has 0 unspecified atom stereocenters. The fourth-order valence-electron chi connectivity index (χ4n) is 1.83. The molecule has 0 fully saturated rings. The molecule has 0 amide bonds. The van der Waals surface area contributed by atoms with Crippen LogP contribution in [0.2, 0.25) is 5.02 Å². The van der Waals surface area contributed by atoms with E-state index >= 15 is 0 Å². The molecule has 110 valence electrons. The van der Waals surface area contributed by atoms with Gasteiger partial charge in [0.05, 0.1) is 21.8 Å². The van der Waals surface area contributed by atoms with Gasteiger partial charge in [-0.3, -0.25) is 0 Å². The Labute approximate surface area is 128 Å². The highest BCUT2D eigenvalue weighted by molar-refractivity contribution is 7.89. The van der Waals surface area contributed by atoms with Gasteiger partial charge in [0, 0.05) is 25.0 Å². The summed E-state index contributed by atoms with van der Waals surface area (Å²) < 4.78 is 28.8. The Morgan fingerprint density at radius 1 is 1.52 bits per heavy atom. The van der Waals surface area contributed by atoms with E-state index in [1.807, 2.05) is 6.07 Å². The maximum atomic E-state index is 12.2. The molecule has 0 saturated carbocycles. The quantitative estimate of drug-likeness (QED) is 0.908. The van der Waals surface area contributed by atoms with Crippen LogP contribution < -0.4 is 4.72 Å². The van der Waals surface area contributed by atoms with Gasteiger partial charge < -0.3 is 4.57 Å². The number of nitrogens with zero attached hydrogens (tertiary/aromatic N) is 3. The van der Waals surface area contributed by atoms with E-state index < -0.39 is 10.0 Å². The largest absolute Gasteiger partial charge is 0.336 e. The minimum atomic E-state index is -3.69. The number of halogens is 1. The lowest BCUT2D eigenvalue weighted by atomic mass is 10.2. The van der Waals surface area contributed by atoms with Crippen LogP contribution in [0.15, 0.2) is 41.8 Å². The van der Waals surface area contributed by atoms with Gasteiger partial charge in [-0.2, -0.15) is 5.26 Å². The molecule has 2 aromatic rings. The molecular formula is C13H13ClN4O2S. The molecule has 1 aromatic carbocycles. The number of nitrogens with one attached hydrogen (secondary N) is 1. The highest BCUT2D eigenvalue weighted by atomic mass is 35.5. The normalized spacial score (nSPS) is 12.8. The van der Waals surface area contributed by atoms with Gasteiger partial charge in [-0.05, 0) is 25.1 Å². The number of nitriles is 1. The van der Waals surface area contributed by atoms with E-state index in [0.717, 1.165) is 0 Å². The van der Waals surface area contributed by atoms with Gasteiger partial charge in [-0.15, -0.1) is 0 Å². The van der Waals surface area contributed by atoms with Crippen LogP contribution in [0.1, 0.15) is 12.5 Å². The minimum absolute atomic E-state index is 0.0315. The van der Waals surface area contributed by atoms with Crippen molar-refractivity contribution in [2.75, 3.05) is 0 Å². The molecule has 0 bridgehead atoms. The van der Waals surface area contributed by atoms with E-state index in [1.54, 1.807) is 30.2 Å². The zero-order valence-electron chi connectivity index (χ0n) is 11.2.